The summed E-state index contributed by atoms with van der Waals surface area (Å²) in [5.74, 6) is 0. The lowest BCUT2D eigenvalue weighted by Gasteiger charge is -2.00. The Kier molecular flexibility index (Phi) is 3.87. The summed E-state index contributed by atoms with van der Waals surface area (Å²) in [4.78, 5) is 0. The summed E-state index contributed by atoms with van der Waals surface area (Å²) < 4.78 is 2.03. The molecule has 0 spiro atoms. The second-order valence-electron chi connectivity index (χ2n) is 3.83. The van der Waals surface area contributed by atoms with Crippen LogP contribution < -0.4 is 4.57 Å². The van der Waals surface area contributed by atoms with Crippen LogP contribution in [0.4, 0.5) is 0 Å². The fourth-order valence-electron chi connectivity index (χ4n) is 1.72. The molecule has 2 rings (SSSR count). The zero-order valence-electron chi connectivity index (χ0n) is 9.79. The van der Waals surface area contributed by atoms with Crippen molar-refractivity contribution < 1.29 is 4.57 Å². The minimum Gasteiger partial charge on any atom is -0.174 e. The maximum Gasteiger partial charge on any atom is 0.175 e. The third-order valence-electron chi connectivity index (χ3n) is 2.58. The molecule has 0 N–H and O–H groups in total. The molecule has 1 aromatic heterocycles. The van der Waals surface area contributed by atoms with Crippen LogP contribution >= 0.6 is 0 Å². The van der Waals surface area contributed by atoms with Gasteiger partial charge in [-0.15, -0.1) is 6.58 Å². The molecule has 2 aromatic rings. The first-order valence-corrected chi connectivity index (χ1v) is 5.73. The van der Waals surface area contributed by atoms with Crippen LogP contribution in [0.2, 0.25) is 0 Å². The quantitative estimate of drug-likeness (QED) is 0.552. The highest BCUT2D eigenvalue weighted by Gasteiger charge is 1.97. The van der Waals surface area contributed by atoms with Crippen molar-refractivity contribution in [1.82, 2.24) is 0 Å². The van der Waals surface area contributed by atoms with Gasteiger partial charge in [0.25, 0.3) is 0 Å². The van der Waals surface area contributed by atoms with Gasteiger partial charge in [0.1, 0.15) is 0 Å². The molecule has 0 radical (unpaired) electrons. The normalized spacial score (nSPS) is 10.6. The lowest BCUT2D eigenvalue weighted by molar-refractivity contribution is -0.567. The summed E-state index contributed by atoms with van der Waals surface area (Å²) in [5.41, 5.74) is 2.54. The van der Waals surface area contributed by atoms with Crippen molar-refractivity contribution in [3.63, 3.8) is 0 Å². The van der Waals surface area contributed by atoms with E-state index in [0.717, 1.165) is 6.42 Å². The van der Waals surface area contributed by atoms with Crippen LogP contribution in [0.15, 0.2) is 67.5 Å². The zero-order chi connectivity index (χ0) is 11.9. The number of aromatic nitrogens is 1. The molecule has 0 aliphatic heterocycles. The van der Waals surface area contributed by atoms with E-state index in [1.807, 2.05) is 41.2 Å². The Hall–Kier alpha value is -2.15. The van der Waals surface area contributed by atoms with Crippen LogP contribution in [-0.2, 0) is 6.42 Å². The smallest absolute Gasteiger partial charge is 0.174 e. The van der Waals surface area contributed by atoms with E-state index in [1.165, 1.54) is 11.1 Å². The van der Waals surface area contributed by atoms with Gasteiger partial charge in [0.15, 0.2) is 18.6 Å². The highest BCUT2D eigenvalue weighted by atomic mass is 14.9. The van der Waals surface area contributed by atoms with Gasteiger partial charge in [-0.05, 0) is 17.5 Å². The topological polar surface area (TPSA) is 3.88 Å². The average Bonchev–Trinajstić information content (AvgIpc) is 2.39. The molecule has 17 heavy (non-hydrogen) atoms. The summed E-state index contributed by atoms with van der Waals surface area (Å²) in [5, 5.41) is 0. The van der Waals surface area contributed by atoms with Crippen LogP contribution in [0, 0.1) is 0 Å². The molecule has 0 atom stereocenters. The monoisotopic (exact) mass is 222 g/mol. The molecule has 0 bridgehead atoms. The highest BCUT2D eigenvalue weighted by molar-refractivity contribution is 5.60. The van der Waals surface area contributed by atoms with Crippen molar-refractivity contribution in [3.05, 3.63) is 78.6 Å². The van der Waals surface area contributed by atoms with E-state index in [2.05, 4.69) is 43.1 Å². The van der Waals surface area contributed by atoms with Crippen LogP contribution in [-0.4, -0.2) is 0 Å². The first kappa shape index (κ1) is 11.3. The van der Waals surface area contributed by atoms with Gasteiger partial charge in [0, 0.05) is 18.2 Å². The Morgan fingerprint density at radius 3 is 2.53 bits per heavy atom. The van der Waals surface area contributed by atoms with Crippen molar-refractivity contribution in [2.24, 2.45) is 0 Å². The van der Waals surface area contributed by atoms with Gasteiger partial charge >= 0.3 is 0 Å². The van der Waals surface area contributed by atoms with Gasteiger partial charge in [0.05, 0.1) is 0 Å². The molecule has 0 saturated heterocycles. The second-order valence-corrected chi connectivity index (χ2v) is 3.83. The summed E-state index contributed by atoms with van der Waals surface area (Å²) in [6.45, 7) is 3.79. The first-order chi connectivity index (χ1) is 8.40. The highest BCUT2D eigenvalue weighted by Crippen LogP contribution is 2.11. The van der Waals surface area contributed by atoms with E-state index in [0.29, 0.717) is 0 Å². The SMILES string of the molecule is C=CCc1ccccc1/C=C/[n+]1ccccc1. The van der Waals surface area contributed by atoms with Gasteiger partial charge in [-0.25, -0.2) is 0 Å². The predicted octanol–water partition coefficient (Wildman–Crippen LogP) is 3.33. The number of hydrogen-bond acceptors (Lipinski definition) is 0. The molecule has 1 nitrogen and oxygen atoms in total. The van der Waals surface area contributed by atoms with Crippen LogP contribution in [0.3, 0.4) is 0 Å². The Balaban J connectivity index is 2.24. The number of pyridine rings is 1. The molecular weight excluding hydrogens is 206 g/mol. The van der Waals surface area contributed by atoms with Crippen molar-refractivity contribution in [1.29, 1.82) is 0 Å². The maximum absolute atomic E-state index is 3.79. The minimum atomic E-state index is 0.903. The van der Waals surface area contributed by atoms with Gasteiger partial charge in [0.2, 0.25) is 0 Å². The number of rotatable bonds is 4. The van der Waals surface area contributed by atoms with E-state index in [9.17, 15) is 0 Å². The molecular formula is C16H16N+. The molecule has 0 aliphatic carbocycles. The number of allylic oxidation sites excluding steroid dienone is 1. The third-order valence-corrected chi connectivity index (χ3v) is 2.58. The third kappa shape index (κ3) is 3.15. The van der Waals surface area contributed by atoms with Crippen LogP contribution in [0.5, 0.6) is 0 Å². The maximum atomic E-state index is 3.79. The summed E-state index contributed by atoms with van der Waals surface area (Å²) in [6.07, 6.45) is 11.1. The van der Waals surface area contributed by atoms with Crippen molar-refractivity contribution in [2.45, 2.75) is 6.42 Å². The predicted molar refractivity (Wildman–Crippen MR) is 72.2 cm³/mol. The van der Waals surface area contributed by atoms with Gasteiger partial charge < -0.3 is 0 Å². The van der Waals surface area contributed by atoms with Crippen LogP contribution in [0.1, 0.15) is 11.1 Å². The Labute approximate surface area is 102 Å². The fourth-order valence-corrected chi connectivity index (χ4v) is 1.72. The Morgan fingerprint density at radius 2 is 1.76 bits per heavy atom. The number of nitrogens with zero attached hydrogens (tertiary/aromatic N) is 1. The molecule has 0 unspecified atom stereocenters. The van der Waals surface area contributed by atoms with Gasteiger partial charge in [-0.2, -0.15) is 4.57 Å². The number of benzene rings is 1. The van der Waals surface area contributed by atoms with E-state index in [-0.39, 0.29) is 0 Å². The molecule has 1 heteroatoms. The molecule has 84 valence electrons. The summed E-state index contributed by atoms with van der Waals surface area (Å²) in [7, 11) is 0. The largest absolute Gasteiger partial charge is 0.175 e. The molecule has 1 aromatic carbocycles. The Morgan fingerprint density at radius 1 is 1.00 bits per heavy atom. The summed E-state index contributed by atoms with van der Waals surface area (Å²) in [6, 6.07) is 14.4. The average molecular weight is 222 g/mol. The Bertz CT molecular complexity index is 512. The zero-order valence-corrected chi connectivity index (χ0v) is 9.79. The van der Waals surface area contributed by atoms with E-state index < -0.39 is 0 Å². The van der Waals surface area contributed by atoms with Crippen molar-refractivity contribution >= 4 is 12.3 Å². The first-order valence-electron chi connectivity index (χ1n) is 5.73. The fraction of sp³-hybridized carbons (Fsp3) is 0.0625. The number of hydrogen-bond donors (Lipinski definition) is 0. The van der Waals surface area contributed by atoms with E-state index in [4.69, 9.17) is 0 Å². The molecule has 0 fully saturated rings. The van der Waals surface area contributed by atoms with Gasteiger partial charge in [-0.3, -0.25) is 0 Å². The second kappa shape index (κ2) is 5.80. The summed E-state index contributed by atoms with van der Waals surface area (Å²) >= 11 is 0. The van der Waals surface area contributed by atoms with Crippen molar-refractivity contribution in [2.75, 3.05) is 0 Å². The van der Waals surface area contributed by atoms with E-state index in [1.54, 1.807) is 0 Å². The molecule has 0 amide bonds. The molecule has 0 aliphatic rings. The van der Waals surface area contributed by atoms with Gasteiger partial charge in [-0.1, -0.05) is 36.4 Å². The standard InChI is InChI=1S/C16H16N/c1-2-8-15-9-4-5-10-16(15)11-14-17-12-6-3-7-13-17/h2-7,9-14H,1,8H2/q+1/b14-11+. The lowest BCUT2D eigenvalue weighted by atomic mass is 10.0. The van der Waals surface area contributed by atoms with E-state index >= 15 is 0 Å². The van der Waals surface area contributed by atoms with Crippen molar-refractivity contribution in [3.8, 4) is 0 Å². The molecule has 1 heterocycles. The lowest BCUT2D eigenvalue weighted by Crippen LogP contribution is -2.23. The minimum absolute atomic E-state index is 0.903. The molecule has 0 saturated carbocycles. The van der Waals surface area contributed by atoms with Crippen LogP contribution in [0.25, 0.3) is 12.3 Å².